The highest BCUT2D eigenvalue weighted by molar-refractivity contribution is 5.94. The number of halogens is 3. The van der Waals surface area contributed by atoms with Crippen LogP contribution in [-0.4, -0.2) is 50.9 Å². The predicted molar refractivity (Wildman–Crippen MR) is 87.9 cm³/mol. The van der Waals surface area contributed by atoms with Gasteiger partial charge in [0.15, 0.2) is 30.5 Å². The molecule has 1 aromatic carbocycles. The molecular formula is C16H22F3N4O3+. The van der Waals surface area contributed by atoms with Gasteiger partial charge in [-0.05, 0) is 18.6 Å². The Morgan fingerprint density at radius 1 is 0.962 bits per heavy atom. The second-order valence-corrected chi connectivity index (χ2v) is 5.71. The van der Waals surface area contributed by atoms with E-state index in [0.29, 0.717) is 17.5 Å². The average molecular weight is 375 g/mol. The quantitative estimate of drug-likeness (QED) is 0.426. The summed E-state index contributed by atoms with van der Waals surface area (Å²) >= 11 is 0. The molecule has 0 aliphatic heterocycles. The molecule has 1 atom stereocenters. The minimum Gasteiger partial charge on any atom is -0.351 e. The number of hydrogen-bond donors (Lipinski definition) is 4. The van der Waals surface area contributed by atoms with Gasteiger partial charge in [0.05, 0.1) is 19.3 Å². The lowest BCUT2D eigenvalue weighted by molar-refractivity contribution is -0.862. The van der Waals surface area contributed by atoms with E-state index in [4.69, 9.17) is 0 Å². The predicted octanol–water partition coefficient (Wildman–Crippen LogP) is -0.800. The van der Waals surface area contributed by atoms with Crippen LogP contribution in [0.2, 0.25) is 0 Å². The maximum atomic E-state index is 13.4. The van der Waals surface area contributed by atoms with Gasteiger partial charge in [-0.1, -0.05) is 6.92 Å². The number of quaternary nitrogens is 1. The smallest absolute Gasteiger partial charge is 0.275 e. The van der Waals surface area contributed by atoms with Crippen molar-refractivity contribution < 1.29 is 32.5 Å². The Balaban J connectivity index is 2.39. The number of nitrogens with one attached hydrogen (secondary N) is 4. The number of anilines is 1. The summed E-state index contributed by atoms with van der Waals surface area (Å²) in [6.45, 7) is 2.04. The molecule has 7 nitrogen and oxygen atoms in total. The molecular weight excluding hydrogens is 353 g/mol. The van der Waals surface area contributed by atoms with Crippen LogP contribution in [0.25, 0.3) is 0 Å². The van der Waals surface area contributed by atoms with Crippen LogP contribution < -0.4 is 20.9 Å². The number of carbonyl (C=O) groups is 3. The summed E-state index contributed by atoms with van der Waals surface area (Å²) in [5, 5.41) is 7.02. The monoisotopic (exact) mass is 375 g/mol. The zero-order valence-electron chi connectivity index (χ0n) is 14.5. The molecule has 3 amide bonds. The Labute approximate surface area is 148 Å². The molecule has 0 radical (unpaired) electrons. The second-order valence-electron chi connectivity index (χ2n) is 5.71. The minimum atomic E-state index is -1.70. The van der Waals surface area contributed by atoms with Crippen LogP contribution in [0.3, 0.4) is 0 Å². The molecule has 0 aliphatic carbocycles. The molecule has 1 aromatic rings. The maximum absolute atomic E-state index is 13.4. The van der Waals surface area contributed by atoms with Crippen LogP contribution in [0.1, 0.15) is 13.3 Å². The van der Waals surface area contributed by atoms with Gasteiger partial charge in [0.2, 0.25) is 5.91 Å². The van der Waals surface area contributed by atoms with E-state index in [1.54, 1.807) is 7.05 Å². The van der Waals surface area contributed by atoms with Crippen molar-refractivity contribution in [3.05, 3.63) is 29.6 Å². The first-order valence-corrected chi connectivity index (χ1v) is 8.02. The summed E-state index contributed by atoms with van der Waals surface area (Å²) in [5.74, 6) is -6.08. The molecule has 1 rings (SSSR count). The minimum absolute atomic E-state index is 0.0492. The number of amides is 3. The highest BCUT2D eigenvalue weighted by Crippen LogP contribution is 2.19. The lowest BCUT2D eigenvalue weighted by atomic mass is 10.2. The Hall–Kier alpha value is -2.62. The molecule has 0 spiro atoms. The van der Waals surface area contributed by atoms with E-state index in [2.05, 4.69) is 10.6 Å². The van der Waals surface area contributed by atoms with E-state index in [-0.39, 0.29) is 19.0 Å². The number of benzene rings is 1. The van der Waals surface area contributed by atoms with Gasteiger partial charge in [-0.15, -0.1) is 0 Å². The maximum Gasteiger partial charge on any atom is 0.275 e. The van der Waals surface area contributed by atoms with Crippen molar-refractivity contribution in [2.24, 2.45) is 0 Å². The zero-order chi connectivity index (χ0) is 19.7. The van der Waals surface area contributed by atoms with Crippen molar-refractivity contribution in [1.82, 2.24) is 10.6 Å². The van der Waals surface area contributed by atoms with Crippen molar-refractivity contribution in [2.75, 3.05) is 38.5 Å². The van der Waals surface area contributed by atoms with E-state index in [9.17, 15) is 27.6 Å². The summed E-state index contributed by atoms with van der Waals surface area (Å²) in [6, 6.07) is 1.55. The van der Waals surface area contributed by atoms with Crippen LogP contribution in [0, 0.1) is 17.5 Å². The van der Waals surface area contributed by atoms with Gasteiger partial charge in [-0.3, -0.25) is 14.4 Å². The van der Waals surface area contributed by atoms with E-state index >= 15 is 0 Å². The molecule has 0 aromatic heterocycles. The highest BCUT2D eigenvalue weighted by Gasteiger charge is 2.17. The van der Waals surface area contributed by atoms with E-state index in [1.807, 2.05) is 12.2 Å². The van der Waals surface area contributed by atoms with Gasteiger partial charge >= 0.3 is 0 Å². The number of hydrogen-bond acceptors (Lipinski definition) is 3. The van der Waals surface area contributed by atoms with Crippen molar-refractivity contribution in [2.45, 2.75) is 13.3 Å². The largest absolute Gasteiger partial charge is 0.351 e. The molecule has 0 aliphatic rings. The van der Waals surface area contributed by atoms with Crippen molar-refractivity contribution in [1.29, 1.82) is 0 Å². The van der Waals surface area contributed by atoms with Gasteiger partial charge in [0, 0.05) is 6.54 Å². The lowest BCUT2D eigenvalue weighted by Crippen LogP contribution is -3.11. The van der Waals surface area contributed by atoms with Gasteiger partial charge in [-0.2, -0.15) is 0 Å². The normalized spacial score (nSPS) is 11.6. The van der Waals surface area contributed by atoms with Crippen molar-refractivity contribution >= 4 is 23.4 Å². The lowest BCUT2D eigenvalue weighted by Gasteiger charge is -2.13. The molecule has 4 N–H and O–H groups in total. The highest BCUT2D eigenvalue weighted by atomic mass is 19.2. The molecule has 0 heterocycles. The fraction of sp³-hybridized carbons (Fsp3) is 0.438. The number of rotatable bonds is 9. The summed E-state index contributed by atoms with van der Waals surface area (Å²) in [6.07, 6.45) is 0.804. The van der Waals surface area contributed by atoms with Crippen molar-refractivity contribution in [3.63, 3.8) is 0 Å². The van der Waals surface area contributed by atoms with Crippen LogP contribution in [0.4, 0.5) is 18.9 Å². The third kappa shape index (κ3) is 7.09. The summed E-state index contributed by atoms with van der Waals surface area (Å²) in [5.41, 5.74) is -0.529. The summed E-state index contributed by atoms with van der Waals surface area (Å²) in [7, 11) is 1.64. The van der Waals surface area contributed by atoms with Crippen LogP contribution in [-0.2, 0) is 14.4 Å². The van der Waals surface area contributed by atoms with E-state index in [0.717, 1.165) is 12.5 Å². The van der Waals surface area contributed by atoms with Gasteiger partial charge in [0.1, 0.15) is 0 Å². The molecule has 1 unspecified atom stereocenters. The fourth-order valence-electron chi connectivity index (χ4n) is 2.00. The van der Waals surface area contributed by atoms with Gasteiger partial charge < -0.3 is 20.9 Å². The molecule has 0 bridgehead atoms. The second kappa shape index (κ2) is 10.4. The standard InChI is InChI=1S/C16H21F3N4O3/c1-3-6-20-13(25)8-23(2)9-14(26)21-7-12(24)22-11-5-4-10(17)15(18)16(11)19/h4-5H,3,6-9H2,1-2H3,(H,20,25)(H,21,26)(H,22,24)/p+1. The van der Waals surface area contributed by atoms with Gasteiger partial charge in [0.25, 0.3) is 11.8 Å². The zero-order valence-corrected chi connectivity index (χ0v) is 14.5. The third-order valence-electron chi connectivity index (χ3n) is 3.25. The Morgan fingerprint density at radius 3 is 2.19 bits per heavy atom. The molecule has 0 saturated carbocycles. The topological polar surface area (TPSA) is 91.7 Å². The van der Waals surface area contributed by atoms with Crippen molar-refractivity contribution in [3.8, 4) is 0 Å². The fourth-order valence-corrected chi connectivity index (χ4v) is 2.00. The summed E-state index contributed by atoms with van der Waals surface area (Å²) in [4.78, 5) is 35.6. The van der Waals surface area contributed by atoms with E-state index in [1.165, 1.54) is 0 Å². The van der Waals surface area contributed by atoms with Crippen LogP contribution in [0.15, 0.2) is 12.1 Å². The number of carbonyl (C=O) groups excluding carboxylic acids is 3. The molecule has 10 heteroatoms. The average Bonchev–Trinajstić information content (AvgIpc) is 2.58. The first kappa shape index (κ1) is 21.4. The summed E-state index contributed by atoms with van der Waals surface area (Å²) < 4.78 is 39.3. The van der Waals surface area contributed by atoms with Crippen LogP contribution in [0.5, 0.6) is 0 Å². The first-order chi connectivity index (χ1) is 12.2. The Kier molecular flexibility index (Phi) is 8.56. The first-order valence-electron chi connectivity index (χ1n) is 8.02. The molecule has 144 valence electrons. The molecule has 0 fully saturated rings. The number of likely N-dealkylation sites (N-methyl/N-ethyl adjacent to an activating group) is 1. The molecule has 26 heavy (non-hydrogen) atoms. The Bertz CT molecular complexity index is 670. The van der Waals surface area contributed by atoms with Crippen LogP contribution >= 0.6 is 0 Å². The third-order valence-corrected chi connectivity index (χ3v) is 3.25. The van der Waals surface area contributed by atoms with Gasteiger partial charge in [-0.25, -0.2) is 13.2 Å². The Morgan fingerprint density at radius 2 is 1.58 bits per heavy atom. The van der Waals surface area contributed by atoms with E-state index < -0.39 is 41.5 Å². The molecule has 0 saturated heterocycles. The SMILES string of the molecule is CCCNC(=O)C[NH+](C)CC(=O)NCC(=O)Nc1ccc(F)c(F)c1F.